The third-order valence-electron chi connectivity index (χ3n) is 6.90. The molecule has 1 atom stereocenters. The van der Waals surface area contributed by atoms with Crippen LogP contribution in [-0.4, -0.2) is 36.4 Å². The smallest absolute Gasteiger partial charge is 1.00 e. The molecule has 0 radical (unpaired) electrons. The van der Waals surface area contributed by atoms with E-state index in [1.54, 1.807) is 0 Å². The maximum absolute atomic E-state index is 12.0. The number of hydrogen-bond donors (Lipinski definition) is 1. The van der Waals surface area contributed by atoms with Crippen LogP contribution in [0.5, 0.6) is 0 Å². The Balaban J connectivity index is -0.00000612. The van der Waals surface area contributed by atoms with Crippen molar-refractivity contribution in [3.8, 4) is 0 Å². The number of rotatable bonds is 28. The van der Waals surface area contributed by atoms with Crippen molar-refractivity contribution < 1.29 is 55.2 Å². The molecule has 0 aliphatic carbocycles. The van der Waals surface area contributed by atoms with Gasteiger partial charge in [-0.2, -0.15) is 0 Å². The van der Waals surface area contributed by atoms with Crippen LogP contribution in [-0.2, 0) is 19.1 Å². The number of unbranched alkanes of at least 4 members (excludes halogenated alkanes) is 20. The molecule has 0 bridgehead atoms. The van der Waals surface area contributed by atoms with E-state index >= 15 is 0 Å². The van der Waals surface area contributed by atoms with Gasteiger partial charge in [-0.05, 0) is 12.8 Å². The first-order chi connectivity index (χ1) is 17.6. The summed E-state index contributed by atoms with van der Waals surface area (Å²) in [5.41, 5.74) is 0. The molecule has 5 nitrogen and oxygen atoms in total. The van der Waals surface area contributed by atoms with Gasteiger partial charge in [0.25, 0.3) is 0 Å². The molecule has 0 fully saturated rings. The summed E-state index contributed by atoms with van der Waals surface area (Å²) in [4.78, 5) is 24.0. The van der Waals surface area contributed by atoms with Crippen LogP contribution in [0.25, 0.3) is 0 Å². The Kier molecular flexibility index (Phi) is 33.9. The summed E-state index contributed by atoms with van der Waals surface area (Å²) in [5, 5.41) is 9.46. The first-order valence-corrected chi connectivity index (χ1v) is 15.6. The average Bonchev–Trinajstić information content (AvgIpc) is 2.88. The topological polar surface area (TPSA) is 72.8 Å². The third kappa shape index (κ3) is 30.3. The summed E-state index contributed by atoms with van der Waals surface area (Å²) >= 11 is 0. The summed E-state index contributed by atoms with van der Waals surface area (Å²) in [7, 11) is 0. The largest absolute Gasteiger partial charge is 1.00 e. The molecule has 0 rings (SSSR count). The molecular formula is C31H61NaO5. The maximum Gasteiger partial charge on any atom is 1.00 e. The molecule has 0 unspecified atom stereocenters. The normalized spacial score (nSPS) is 11.6. The predicted molar refractivity (Wildman–Crippen MR) is 151 cm³/mol. The molecule has 0 aromatic heterocycles. The molecule has 0 aromatic carbocycles. The van der Waals surface area contributed by atoms with Gasteiger partial charge < -0.3 is 16.0 Å². The van der Waals surface area contributed by atoms with Crippen LogP contribution in [0.3, 0.4) is 0 Å². The Morgan fingerprint density at radius 3 is 1.24 bits per heavy atom. The van der Waals surface area contributed by atoms with Crippen LogP contribution in [0.15, 0.2) is 0 Å². The van der Waals surface area contributed by atoms with Gasteiger partial charge in [0.05, 0.1) is 6.61 Å². The van der Waals surface area contributed by atoms with Crippen molar-refractivity contribution in [2.24, 2.45) is 0 Å². The zero-order valence-corrected chi connectivity index (χ0v) is 27.0. The molecule has 0 heterocycles. The van der Waals surface area contributed by atoms with Gasteiger partial charge >= 0.3 is 41.5 Å². The third-order valence-corrected chi connectivity index (χ3v) is 6.90. The Bertz CT molecular complexity index is 493. The molecular weight excluding hydrogens is 475 g/mol. The molecule has 0 amide bonds. The minimum Gasteiger partial charge on any atom is -1.00 e. The van der Waals surface area contributed by atoms with E-state index in [9.17, 15) is 14.7 Å². The van der Waals surface area contributed by atoms with E-state index in [0.717, 1.165) is 38.5 Å². The fourth-order valence-electron chi connectivity index (χ4n) is 4.49. The Labute approximate surface area is 253 Å². The fraction of sp³-hybridized carbons (Fsp3) is 0.935. The van der Waals surface area contributed by atoms with Crippen molar-refractivity contribution in [2.45, 2.75) is 174 Å². The first kappa shape index (κ1) is 39.0. The predicted octanol–water partition coefficient (Wildman–Crippen LogP) is 5.95. The van der Waals surface area contributed by atoms with Crippen LogP contribution in [0, 0.1) is 0 Å². The van der Waals surface area contributed by atoms with Crippen LogP contribution in [0.4, 0.5) is 0 Å². The van der Waals surface area contributed by atoms with E-state index in [1.807, 2.05) is 0 Å². The average molecular weight is 537 g/mol. The van der Waals surface area contributed by atoms with Crippen molar-refractivity contribution >= 4 is 11.9 Å². The monoisotopic (exact) mass is 536 g/mol. The van der Waals surface area contributed by atoms with Crippen LogP contribution in [0.1, 0.15) is 169 Å². The van der Waals surface area contributed by atoms with E-state index in [2.05, 4.69) is 13.8 Å². The molecule has 0 saturated heterocycles. The Hall–Kier alpha value is -0.100. The van der Waals surface area contributed by atoms with E-state index in [1.165, 1.54) is 103 Å². The van der Waals surface area contributed by atoms with Gasteiger partial charge in [0.2, 0.25) is 0 Å². The number of carbonyl (C=O) groups excluding carboxylic acids is 2. The molecule has 6 heteroatoms. The van der Waals surface area contributed by atoms with Crippen molar-refractivity contribution in [1.82, 2.24) is 0 Å². The zero-order chi connectivity index (χ0) is 26.5. The maximum atomic E-state index is 12.0. The van der Waals surface area contributed by atoms with Gasteiger partial charge in [-0.1, -0.05) is 142 Å². The summed E-state index contributed by atoms with van der Waals surface area (Å²) in [5.74, 6) is -0.586. The van der Waals surface area contributed by atoms with Gasteiger partial charge in [0.15, 0.2) is 6.10 Å². The van der Waals surface area contributed by atoms with Crippen LogP contribution in [0.2, 0.25) is 0 Å². The van der Waals surface area contributed by atoms with E-state index in [0.29, 0.717) is 12.8 Å². The SMILES string of the molecule is CCCCCCCCCCCCCC(=O)OC[C@H](CO)OC(=O)CCCCCCCCCCCCC.[H-].[Na+]. The zero-order valence-electron chi connectivity index (χ0n) is 26.0. The Morgan fingerprint density at radius 2 is 0.892 bits per heavy atom. The van der Waals surface area contributed by atoms with Gasteiger partial charge in [0, 0.05) is 12.8 Å². The number of carbonyl (C=O) groups is 2. The van der Waals surface area contributed by atoms with Crippen LogP contribution < -0.4 is 29.6 Å². The van der Waals surface area contributed by atoms with Crippen LogP contribution >= 0.6 is 0 Å². The Morgan fingerprint density at radius 1 is 0.568 bits per heavy atom. The summed E-state index contributed by atoms with van der Waals surface area (Å²) in [6.45, 7) is 4.11. The van der Waals surface area contributed by atoms with E-state index in [-0.39, 0.29) is 56.1 Å². The molecule has 1 N–H and O–H groups in total. The van der Waals surface area contributed by atoms with E-state index < -0.39 is 6.10 Å². The molecule has 0 aliphatic heterocycles. The second-order valence-corrected chi connectivity index (χ2v) is 10.5. The number of aliphatic hydroxyl groups excluding tert-OH is 1. The van der Waals surface area contributed by atoms with E-state index in [4.69, 9.17) is 9.47 Å². The molecule has 0 aromatic rings. The molecule has 216 valence electrons. The first-order valence-electron chi connectivity index (χ1n) is 15.6. The van der Waals surface area contributed by atoms with Gasteiger partial charge in [-0.3, -0.25) is 9.59 Å². The number of hydrogen-bond acceptors (Lipinski definition) is 5. The van der Waals surface area contributed by atoms with Crippen molar-refractivity contribution in [1.29, 1.82) is 0 Å². The number of esters is 2. The molecule has 0 spiro atoms. The van der Waals surface area contributed by atoms with Crippen molar-refractivity contribution in [3.63, 3.8) is 0 Å². The molecule has 37 heavy (non-hydrogen) atoms. The second-order valence-electron chi connectivity index (χ2n) is 10.5. The minimum absolute atomic E-state index is 0. The van der Waals surface area contributed by atoms with Gasteiger partial charge in [-0.15, -0.1) is 0 Å². The fourth-order valence-corrected chi connectivity index (χ4v) is 4.49. The molecule has 0 aliphatic rings. The second kappa shape index (κ2) is 32.1. The number of aliphatic hydroxyl groups is 1. The van der Waals surface area contributed by atoms with Gasteiger partial charge in [0.1, 0.15) is 6.61 Å². The quantitative estimate of drug-likeness (QED) is 0.0760. The van der Waals surface area contributed by atoms with Crippen molar-refractivity contribution in [3.05, 3.63) is 0 Å². The molecule has 0 saturated carbocycles. The summed E-state index contributed by atoms with van der Waals surface area (Å²) < 4.78 is 10.5. The summed E-state index contributed by atoms with van der Waals surface area (Å²) in [6.07, 6.45) is 27.2. The van der Waals surface area contributed by atoms with Gasteiger partial charge in [-0.25, -0.2) is 0 Å². The van der Waals surface area contributed by atoms with Crippen molar-refractivity contribution in [2.75, 3.05) is 13.2 Å². The number of ether oxygens (including phenoxy) is 2. The summed E-state index contributed by atoms with van der Waals surface area (Å²) in [6, 6.07) is 0. The standard InChI is InChI=1S/C31H60O5.Na.H/c1-3-5-7-9-11-13-15-17-19-21-23-25-30(33)35-28-29(27-32)36-31(34)26-24-22-20-18-16-14-12-10-8-6-4-2;;/h29,32H,3-28H2,1-2H3;;/q;+1;-1/t29-;;/m0../s1. The minimum atomic E-state index is -0.758.